The summed E-state index contributed by atoms with van der Waals surface area (Å²) >= 11 is 1.47. The van der Waals surface area contributed by atoms with Gasteiger partial charge in [-0.3, -0.25) is 0 Å². The average molecular weight is 407 g/mol. The van der Waals surface area contributed by atoms with Crippen LogP contribution in [-0.2, 0) is 6.54 Å². The van der Waals surface area contributed by atoms with Gasteiger partial charge in [-0.15, -0.1) is 11.3 Å². The van der Waals surface area contributed by atoms with Gasteiger partial charge in [-0.25, -0.2) is 9.78 Å². The van der Waals surface area contributed by atoms with Crippen LogP contribution >= 0.6 is 11.3 Å². The van der Waals surface area contributed by atoms with E-state index >= 15 is 0 Å². The SMILES string of the molecule is O=C(NCCNCc1ccccc1)Oc1ccsc1Nc1ccnc2[nH]ccc12. The van der Waals surface area contributed by atoms with Gasteiger partial charge in [0.2, 0.25) is 0 Å². The van der Waals surface area contributed by atoms with Crippen molar-refractivity contribution in [3.63, 3.8) is 0 Å². The highest BCUT2D eigenvalue weighted by Gasteiger charge is 2.12. The molecule has 8 heteroatoms. The summed E-state index contributed by atoms with van der Waals surface area (Å²) in [6, 6.07) is 15.7. The number of carbonyl (C=O) groups excluding carboxylic acids is 1. The third-order valence-electron chi connectivity index (χ3n) is 4.28. The lowest BCUT2D eigenvalue weighted by Crippen LogP contribution is -2.33. The molecular formula is C21H21N5O2S. The number of rotatable bonds is 8. The van der Waals surface area contributed by atoms with Crippen LogP contribution in [0.4, 0.5) is 15.5 Å². The smallest absolute Gasteiger partial charge is 0.407 e. The highest BCUT2D eigenvalue weighted by molar-refractivity contribution is 7.14. The number of amides is 1. The van der Waals surface area contributed by atoms with Gasteiger partial charge in [0.15, 0.2) is 5.75 Å². The number of hydrogen-bond acceptors (Lipinski definition) is 6. The Hall–Kier alpha value is -3.36. The molecule has 0 unspecified atom stereocenters. The zero-order valence-electron chi connectivity index (χ0n) is 15.6. The summed E-state index contributed by atoms with van der Waals surface area (Å²) in [4.78, 5) is 19.5. The number of anilines is 2. The Morgan fingerprint density at radius 1 is 1.10 bits per heavy atom. The second-order valence-electron chi connectivity index (χ2n) is 6.32. The van der Waals surface area contributed by atoms with Crippen LogP contribution in [0.15, 0.2) is 66.3 Å². The summed E-state index contributed by atoms with van der Waals surface area (Å²) in [5.74, 6) is 0.491. The third-order valence-corrected chi connectivity index (χ3v) is 5.09. The summed E-state index contributed by atoms with van der Waals surface area (Å²) in [6.07, 6.45) is 3.09. The number of fused-ring (bicyclic) bond motifs is 1. The van der Waals surface area contributed by atoms with Gasteiger partial charge in [-0.2, -0.15) is 0 Å². The normalized spacial score (nSPS) is 10.8. The molecule has 7 nitrogen and oxygen atoms in total. The van der Waals surface area contributed by atoms with E-state index in [1.807, 2.05) is 41.9 Å². The quantitative estimate of drug-likeness (QED) is 0.328. The van der Waals surface area contributed by atoms with Crippen LogP contribution in [0.25, 0.3) is 11.0 Å². The first-order valence-electron chi connectivity index (χ1n) is 9.26. The van der Waals surface area contributed by atoms with Crippen molar-refractivity contribution in [2.75, 3.05) is 18.4 Å². The molecule has 0 radical (unpaired) electrons. The molecule has 0 aliphatic rings. The number of nitrogens with one attached hydrogen (secondary N) is 4. The van der Waals surface area contributed by atoms with Crippen LogP contribution in [-0.4, -0.2) is 29.2 Å². The monoisotopic (exact) mass is 407 g/mol. The van der Waals surface area contributed by atoms with E-state index in [9.17, 15) is 4.79 Å². The minimum absolute atomic E-state index is 0.477. The number of pyridine rings is 1. The lowest BCUT2D eigenvalue weighted by atomic mass is 10.2. The zero-order chi connectivity index (χ0) is 19.9. The van der Waals surface area contributed by atoms with E-state index in [1.54, 1.807) is 12.3 Å². The highest BCUT2D eigenvalue weighted by atomic mass is 32.1. The molecule has 0 spiro atoms. The van der Waals surface area contributed by atoms with Gasteiger partial charge < -0.3 is 25.7 Å². The van der Waals surface area contributed by atoms with Crippen molar-refractivity contribution in [2.24, 2.45) is 0 Å². The molecule has 0 fully saturated rings. The lowest BCUT2D eigenvalue weighted by Gasteiger charge is -2.10. The van der Waals surface area contributed by atoms with Crippen molar-refractivity contribution in [1.29, 1.82) is 0 Å². The molecule has 3 heterocycles. The van der Waals surface area contributed by atoms with Crippen molar-refractivity contribution < 1.29 is 9.53 Å². The molecular weight excluding hydrogens is 386 g/mol. The molecule has 4 N–H and O–H groups in total. The largest absolute Gasteiger partial charge is 0.412 e. The minimum atomic E-state index is -0.477. The topological polar surface area (TPSA) is 91.1 Å². The molecule has 4 rings (SSSR count). The van der Waals surface area contributed by atoms with Crippen molar-refractivity contribution in [3.05, 3.63) is 71.9 Å². The summed E-state index contributed by atoms with van der Waals surface area (Å²) in [5.41, 5.74) is 2.90. The number of H-pyrrole nitrogens is 1. The fourth-order valence-electron chi connectivity index (χ4n) is 2.88. The summed E-state index contributed by atoms with van der Waals surface area (Å²) in [7, 11) is 0. The van der Waals surface area contributed by atoms with Gasteiger partial charge >= 0.3 is 6.09 Å². The first-order valence-corrected chi connectivity index (χ1v) is 10.1. The molecule has 1 aromatic carbocycles. The van der Waals surface area contributed by atoms with Crippen molar-refractivity contribution in [2.45, 2.75) is 6.54 Å². The van der Waals surface area contributed by atoms with Crippen LogP contribution < -0.4 is 20.7 Å². The predicted octanol–water partition coefficient (Wildman–Crippen LogP) is 4.25. The second kappa shape index (κ2) is 9.22. The maximum atomic E-state index is 12.1. The van der Waals surface area contributed by atoms with Crippen molar-refractivity contribution in [1.82, 2.24) is 20.6 Å². The third kappa shape index (κ3) is 4.92. The fraction of sp³-hybridized carbons (Fsp3) is 0.143. The molecule has 0 atom stereocenters. The Labute approximate surface area is 172 Å². The second-order valence-corrected chi connectivity index (χ2v) is 7.23. The number of benzene rings is 1. The number of aromatic amines is 1. The van der Waals surface area contributed by atoms with Gasteiger partial charge in [-0.1, -0.05) is 30.3 Å². The van der Waals surface area contributed by atoms with Gasteiger partial charge in [0.05, 0.1) is 5.69 Å². The molecule has 0 aliphatic heterocycles. The molecule has 3 aromatic heterocycles. The van der Waals surface area contributed by atoms with Gasteiger partial charge in [0.1, 0.15) is 10.6 Å². The van der Waals surface area contributed by atoms with Gasteiger partial charge in [0.25, 0.3) is 0 Å². The molecule has 4 aromatic rings. The predicted molar refractivity (Wildman–Crippen MR) is 116 cm³/mol. The number of carbonyl (C=O) groups is 1. The molecule has 0 aliphatic carbocycles. The number of aromatic nitrogens is 2. The van der Waals surface area contributed by atoms with E-state index < -0.39 is 6.09 Å². The molecule has 0 saturated carbocycles. The Kier molecular flexibility index (Phi) is 6.04. The van der Waals surface area contributed by atoms with E-state index in [0.29, 0.717) is 18.8 Å². The van der Waals surface area contributed by atoms with Crippen molar-refractivity contribution >= 4 is 39.2 Å². The van der Waals surface area contributed by atoms with Crippen molar-refractivity contribution in [3.8, 4) is 5.75 Å². The maximum absolute atomic E-state index is 12.1. The lowest BCUT2D eigenvalue weighted by molar-refractivity contribution is 0.201. The van der Waals surface area contributed by atoms with Crippen LogP contribution in [0.5, 0.6) is 5.75 Å². The first-order chi connectivity index (χ1) is 14.3. The standard InChI is InChI=1S/C21H21N5O2S/c27-21(25-12-11-22-14-15-4-2-1-3-5-15)28-18-8-13-29-20(18)26-17-7-10-24-19-16(17)6-9-23-19/h1-10,13,22H,11-12,14H2,(H,25,27)(H2,23,24,26). The van der Waals surface area contributed by atoms with E-state index in [0.717, 1.165) is 28.3 Å². The average Bonchev–Trinajstić information content (AvgIpc) is 3.39. The number of ether oxygens (including phenoxy) is 1. The highest BCUT2D eigenvalue weighted by Crippen LogP contribution is 2.35. The molecule has 29 heavy (non-hydrogen) atoms. The zero-order valence-corrected chi connectivity index (χ0v) is 16.5. The summed E-state index contributed by atoms with van der Waals surface area (Å²) in [5, 5.41) is 13.0. The number of nitrogens with zero attached hydrogens (tertiary/aromatic N) is 1. The Morgan fingerprint density at radius 3 is 2.90 bits per heavy atom. The minimum Gasteiger partial charge on any atom is -0.407 e. The maximum Gasteiger partial charge on any atom is 0.412 e. The van der Waals surface area contributed by atoms with E-state index in [1.165, 1.54) is 16.9 Å². The van der Waals surface area contributed by atoms with E-state index in [2.05, 4.69) is 38.1 Å². The molecule has 0 saturated heterocycles. The van der Waals surface area contributed by atoms with Crippen LogP contribution in [0.2, 0.25) is 0 Å². The molecule has 148 valence electrons. The van der Waals surface area contributed by atoms with Gasteiger partial charge in [-0.05, 0) is 29.1 Å². The first kappa shape index (κ1) is 19.0. The summed E-state index contributed by atoms with van der Waals surface area (Å²) < 4.78 is 5.46. The van der Waals surface area contributed by atoms with Crippen LogP contribution in [0, 0.1) is 0 Å². The van der Waals surface area contributed by atoms with E-state index in [-0.39, 0.29) is 0 Å². The molecule has 0 bridgehead atoms. The Bertz CT molecular complexity index is 1080. The fourth-order valence-corrected chi connectivity index (χ4v) is 3.60. The Balaban J connectivity index is 1.26. The van der Waals surface area contributed by atoms with Crippen LogP contribution in [0.3, 0.4) is 0 Å². The Morgan fingerprint density at radius 2 is 2.00 bits per heavy atom. The van der Waals surface area contributed by atoms with Gasteiger partial charge in [0, 0.05) is 37.4 Å². The van der Waals surface area contributed by atoms with Crippen LogP contribution in [0.1, 0.15) is 5.56 Å². The number of hydrogen-bond donors (Lipinski definition) is 4. The van der Waals surface area contributed by atoms with E-state index in [4.69, 9.17) is 4.74 Å². The summed E-state index contributed by atoms with van der Waals surface area (Å²) in [6.45, 7) is 1.89. The number of thiophene rings is 1. The molecule has 1 amide bonds.